The number of nitrogens with two attached hydrogens (primary N) is 3. The van der Waals surface area contributed by atoms with Gasteiger partial charge >= 0.3 is 0 Å². The van der Waals surface area contributed by atoms with Crippen molar-refractivity contribution < 1.29 is 0 Å². The Morgan fingerprint density at radius 1 is 1.57 bits per heavy atom. The molecule has 5 nitrogen and oxygen atoms in total. The molecular formula is C9H15N5. The van der Waals surface area contributed by atoms with Crippen LogP contribution in [0.3, 0.4) is 0 Å². The highest BCUT2D eigenvalue weighted by molar-refractivity contribution is 5.12. The summed E-state index contributed by atoms with van der Waals surface area (Å²) in [4.78, 5) is 4.19. The highest BCUT2D eigenvalue weighted by Gasteiger charge is 2.02. The van der Waals surface area contributed by atoms with Crippen molar-refractivity contribution in [1.82, 2.24) is 9.99 Å². The van der Waals surface area contributed by atoms with Crippen LogP contribution < -0.4 is 17.3 Å². The van der Waals surface area contributed by atoms with Gasteiger partial charge in [0.05, 0.1) is 12.2 Å². The van der Waals surface area contributed by atoms with Gasteiger partial charge in [-0.3, -0.25) is 9.99 Å². The topological polar surface area (TPSA) is 94.2 Å². The quantitative estimate of drug-likeness (QED) is 0.456. The predicted molar refractivity (Wildman–Crippen MR) is 55.2 cm³/mol. The van der Waals surface area contributed by atoms with E-state index in [1.54, 1.807) is 6.20 Å². The van der Waals surface area contributed by atoms with Gasteiger partial charge in [0.15, 0.2) is 0 Å². The van der Waals surface area contributed by atoms with Gasteiger partial charge in [0.25, 0.3) is 0 Å². The second-order valence-electron chi connectivity index (χ2n) is 3.05. The molecule has 0 atom stereocenters. The van der Waals surface area contributed by atoms with E-state index in [1.165, 1.54) is 11.2 Å². The molecule has 1 aromatic rings. The van der Waals surface area contributed by atoms with Crippen LogP contribution in [0.1, 0.15) is 11.3 Å². The second-order valence-corrected chi connectivity index (χ2v) is 3.05. The lowest BCUT2D eigenvalue weighted by Crippen LogP contribution is -2.34. The van der Waals surface area contributed by atoms with Gasteiger partial charge in [0.1, 0.15) is 5.82 Å². The van der Waals surface area contributed by atoms with E-state index in [9.17, 15) is 0 Å². The fourth-order valence-corrected chi connectivity index (χ4v) is 0.954. The fourth-order valence-electron chi connectivity index (χ4n) is 0.954. The molecule has 0 radical (unpaired) electrons. The minimum absolute atomic E-state index is 0.326. The molecule has 1 aromatic heterocycles. The molecule has 0 saturated heterocycles. The molecule has 0 aliphatic carbocycles. The Morgan fingerprint density at radius 3 is 2.79 bits per heavy atom. The van der Waals surface area contributed by atoms with Crippen LogP contribution in [0.25, 0.3) is 0 Å². The van der Waals surface area contributed by atoms with Gasteiger partial charge in [-0.15, -0.1) is 0 Å². The fraction of sp³-hybridized carbons (Fsp3) is 0.222. The van der Waals surface area contributed by atoms with Gasteiger partial charge < -0.3 is 11.5 Å². The van der Waals surface area contributed by atoms with E-state index in [1.807, 2.05) is 19.1 Å². The summed E-state index contributed by atoms with van der Waals surface area (Å²) in [6, 6.07) is 3.87. The van der Waals surface area contributed by atoms with Crippen LogP contribution in [0, 0.1) is 6.92 Å². The van der Waals surface area contributed by atoms with Crippen molar-refractivity contribution in [3.05, 3.63) is 41.6 Å². The Kier molecular flexibility index (Phi) is 3.30. The van der Waals surface area contributed by atoms with Crippen LogP contribution in [0.5, 0.6) is 0 Å². The van der Waals surface area contributed by atoms with Crippen LogP contribution in [-0.4, -0.2) is 9.99 Å². The molecule has 0 aliphatic rings. The first kappa shape index (κ1) is 10.3. The summed E-state index contributed by atoms with van der Waals surface area (Å²) in [5.41, 5.74) is 12.7. The number of nitrogens with zero attached hydrogens (tertiary/aromatic N) is 2. The summed E-state index contributed by atoms with van der Waals surface area (Å²) in [5, 5.41) is 1.34. The molecule has 14 heavy (non-hydrogen) atoms. The number of hydrogen-bond acceptors (Lipinski definition) is 5. The number of rotatable bonds is 3. The third kappa shape index (κ3) is 2.63. The lowest BCUT2D eigenvalue weighted by atomic mass is 10.3. The molecule has 5 heteroatoms. The lowest BCUT2D eigenvalue weighted by molar-refractivity contribution is 0.342. The standard InChI is InChI=1S/C9H15N5/c1-7-2-3-8(13-5-7)6-14(12)9(11)4-10/h2-5H,6,10-12H2,1H3/b9-4-. The zero-order chi connectivity index (χ0) is 10.6. The van der Waals surface area contributed by atoms with Crippen molar-refractivity contribution in [2.45, 2.75) is 13.5 Å². The maximum atomic E-state index is 5.62. The average molecular weight is 193 g/mol. The summed E-state index contributed by atoms with van der Waals surface area (Å²) < 4.78 is 0. The highest BCUT2D eigenvalue weighted by Crippen LogP contribution is 2.02. The van der Waals surface area contributed by atoms with Crippen molar-refractivity contribution in [1.29, 1.82) is 0 Å². The van der Waals surface area contributed by atoms with Gasteiger partial charge in [-0.05, 0) is 18.6 Å². The summed E-state index contributed by atoms with van der Waals surface area (Å²) in [5.74, 6) is 5.94. The lowest BCUT2D eigenvalue weighted by Gasteiger charge is -2.17. The molecule has 0 aromatic carbocycles. The largest absolute Gasteiger partial charge is 0.402 e. The zero-order valence-corrected chi connectivity index (χ0v) is 8.14. The van der Waals surface area contributed by atoms with Gasteiger partial charge in [-0.1, -0.05) is 6.07 Å². The molecule has 6 N–H and O–H groups in total. The van der Waals surface area contributed by atoms with Crippen LogP contribution in [-0.2, 0) is 6.54 Å². The number of pyridine rings is 1. The van der Waals surface area contributed by atoms with E-state index < -0.39 is 0 Å². The SMILES string of the molecule is Cc1ccc(CN(N)/C(N)=C\N)nc1. The van der Waals surface area contributed by atoms with Crippen molar-refractivity contribution in [3.63, 3.8) is 0 Å². The maximum Gasteiger partial charge on any atom is 0.129 e. The van der Waals surface area contributed by atoms with E-state index in [0.29, 0.717) is 12.4 Å². The molecule has 0 unspecified atom stereocenters. The maximum absolute atomic E-state index is 5.62. The number of hydrogen-bond donors (Lipinski definition) is 3. The normalized spacial score (nSPS) is 11.4. The highest BCUT2D eigenvalue weighted by atomic mass is 15.4. The smallest absolute Gasteiger partial charge is 0.129 e. The van der Waals surface area contributed by atoms with E-state index in [2.05, 4.69) is 4.98 Å². The van der Waals surface area contributed by atoms with E-state index >= 15 is 0 Å². The summed E-state index contributed by atoms with van der Waals surface area (Å²) in [6.07, 6.45) is 3.04. The molecular weight excluding hydrogens is 178 g/mol. The molecule has 1 rings (SSSR count). The summed E-state index contributed by atoms with van der Waals surface area (Å²) in [7, 11) is 0. The van der Waals surface area contributed by atoms with Crippen LogP contribution >= 0.6 is 0 Å². The van der Waals surface area contributed by atoms with E-state index in [-0.39, 0.29) is 0 Å². The monoisotopic (exact) mass is 193 g/mol. The number of aromatic nitrogens is 1. The van der Waals surface area contributed by atoms with E-state index in [0.717, 1.165) is 11.3 Å². The molecule has 0 fully saturated rings. The molecule has 76 valence electrons. The first-order valence-corrected chi connectivity index (χ1v) is 4.24. The minimum Gasteiger partial charge on any atom is -0.402 e. The third-order valence-electron chi connectivity index (χ3n) is 1.81. The Morgan fingerprint density at radius 2 is 2.29 bits per heavy atom. The predicted octanol–water partition coefficient (Wildman–Crippen LogP) is -0.218. The molecule has 0 spiro atoms. The second kappa shape index (κ2) is 4.48. The van der Waals surface area contributed by atoms with Crippen molar-refractivity contribution in [2.24, 2.45) is 17.3 Å². The zero-order valence-electron chi connectivity index (χ0n) is 8.14. The van der Waals surface area contributed by atoms with Crippen LogP contribution in [0.2, 0.25) is 0 Å². The molecule has 0 saturated carbocycles. The van der Waals surface area contributed by atoms with Crippen LogP contribution in [0.4, 0.5) is 0 Å². The summed E-state index contributed by atoms with van der Waals surface area (Å²) in [6.45, 7) is 2.42. The minimum atomic E-state index is 0.326. The first-order chi connectivity index (χ1) is 6.63. The Balaban J connectivity index is 2.65. The molecule has 0 bridgehead atoms. The van der Waals surface area contributed by atoms with Gasteiger partial charge in [-0.25, -0.2) is 5.84 Å². The van der Waals surface area contributed by atoms with Crippen molar-refractivity contribution >= 4 is 0 Å². The van der Waals surface area contributed by atoms with Gasteiger partial charge in [-0.2, -0.15) is 0 Å². The van der Waals surface area contributed by atoms with Crippen LogP contribution in [0.15, 0.2) is 30.4 Å². The molecule has 1 heterocycles. The van der Waals surface area contributed by atoms with Crippen molar-refractivity contribution in [2.75, 3.05) is 0 Å². The number of aryl methyl sites for hydroxylation is 1. The Hall–Kier alpha value is -1.75. The third-order valence-corrected chi connectivity index (χ3v) is 1.81. The molecule has 0 amide bonds. The van der Waals surface area contributed by atoms with Gasteiger partial charge in [0.2, 0.25) is 0 Å². The number of hydrazine groups is 1. The summed E-state index contributed by atoms with van der Waals surface area (Å²) >= 11 is 0. The first-order valence-electron chi connectivity index (χ1n) is 4.24. The Labute approximate surface area is 83.2 Å². The Bertz CT molecular complexity index is 316. The van der Waals surface area contributed by atoms with Gasteiger partial charge in [0, 0.05) is 12.4 Å². The molecule has 0 aliphatic heterocycles. The van der Waals surface area contributed by atoms with E-state index in [4.69, 9.17) is 17.3 Å². The average Bonchev–Trinajstić information content (AvgIpc) is 2.20. The van der Waals surface area contributed by atoms with Crippen molar-refractivity contribution in [3.8, 4) is 0 Å².